The molecule has 0 atom stereocenters. The molecule has 2 amide bonds. The van der Waals surface area contributed by atoms with Gasteiger partial charge < -0.3 is 23.8 Å². The Morgan fingerprint density at radius 1 is 0.889 bits per heavy atom. The van der Waals surface area contributed by atoms with Crippen molar-refractivity contribution in [2.45, 2.75) is 39.4 Å². The minimum absolute atomic E-state index is 0.00984. The number of carbonyl (C=O) groups is 2. The van der Waals surface area contributed by atoms with Gasteiger partial charge in [-0.2, -0.15) is 0 Å². The largest absolute Gasteiger partial charge is 0.497 e. The minimum Gasteiger partial charge on any atom is -0.497 e. The van der Waals surface area contributed by atoms with E-state index in [1.165, 1.54) is 5.56 Å². The summed E-state index contributed by atoms with van der Waals surface area (Å²) in [4.78, 5) is 30.0. The van der Waals surface area contributed by atoms with Gasteiger partial charge in [0, 0.05) is 38.1 Å². The van der Waals surface area contributed by atoms with Crippen molar-refractivity contribution in [3.63, 3.8) is 0 Å². The average molecular weight is 492 g/mol. The van der Waals surface area contributed by atoms with E-state index in [9.17, 15) is 9.59 Å². The standard InChI is InChI=1S/C29H37N3O4/c1-23(2)32(21-26-11-8-16-30(26)20-25-9-6-5-7-10-25)29(34)22-31(17-18-35-3)28(33)19-24-12-14-27(36-4)15-13-24/h5-16,23H,17-22H2,1-4H3. The number of hydrogen-bond acceptors (Lipinski definition) is 4. The molecular weight excluding hydrogens is 454 g/mol. The number of benzene rings is 2. The zero-order valence-electron chi connectivity index (χ0n) is 21.7. The number of hydrogen-bond donors (Lipinski definition) is 0. The molecule has 0 aliphatic heterocycles. The van der Waals surface area contributed by atoms with E-state index >= 15 is 0 Å². The fourth-order valence-electron chi connectivity index (χ4n) is 4.04. The molecule has 2 aromatic carbocycles. The first-order valence-electron chi connectivity index (χ1n) is 12.3. The molecule has 0 spiro atoms. The van der Waals surface area contributed by atoms with Crippen LogP contribution in [0.4, 0.5) is 0 Å². The van der Waals surface area contributed by atoms with Gasteiger partial charge in [-0.1, -0.05) is 42.5 Å². The van der Waals surface area contributed by atoms with Gasteiger partial charge in [-0.05, 0) is 49.2 Å². The lowest BCUT2D eigenvalue weighted by molar-refractivity contribution is -0.142. The summed E-state index contributed by atoms with van der Waals surface area (Å²) in [6, 6.07) is 21.7. The highest BCUT2D eigenvalue weighted by Gasteiger charge is 2.24. The first kappa shape index (κ1) is 27.0. The highest BCUT2D eigenvalue weighted by Crippen LogP contribution is 2.15. The maximum Gasteiger partial charge on any atom is 0.242 e. The van der Waals surface area contributed by atoms with Crippen LogP contribution in [0.1, 0.15) is 30.7 Å². The van der Waals surface area contributed by atoms with Crippen LogP contribution >= 0.6 is 0 Å². The van der Waals surface area contributed by atoms with Crippen LogP contribution < -0.4 is 4.74 Å². The summed E-state index contributed by atoms with van der Waals surface area (Å²) in [5, 5.41) is 0. The summed E-state index contributed by atoms with van der Waals surface area (Å²) in [6.07, 6.45) is 2.25. The van der Waals surface area contributed by atoms with Crippen molar-refractivity contribution in [2.24, 2.45) is 0 Å². The Morgan fingerprint density at radius 2 is 1.61 bits per heavy atom. The maximum absolute atomic E-state index is 13.5. The molecule has 7 nitrogen and oxygen atoms in total. The van der Waals surface area contributed by atoms with E-state index in [2.05, 4.69) is 16.7 Å². The Kier molecular flexibility index (Phi) is 10.1. The van der Waals surface area contributed by atoms with Crippen LogP contribution in [0.5, 0.6) is 5.75 Å². The van der Waals surface area contributed by atoms with Crippen LogP contribution in [-0.4, -0.2) is 66.1 Å². The van der Waals surface area contributed by atoms with Crippen LogP contribution in [0.3, 0.4) is 0 Å². The molecule has 1 heterocycles. The smallest absolute Gasteiger partial charge is 0.242 e. The van der Waals surface area contributed by atoms with Gasteiger partial charge in [0.15, 0.2) is 0 Å². The second-order valence-corrected chi connectivity index (χ2v) is 9.06. The fraction of sp³-hybridized carbons (Fsp3) is 0.379. The normalized spacial score (nSPS) is 10.9. The molecule has 1 aromatic heterocycles. The zero-order valence-corrected chi connectivity index (χ0v) is 21.7. The van der Waals surface area contributed by atoms with Crippen molar-refractivity contribution in [1.29, 1.82) is 0 Å². The predicted octanol–water partition coefficient (Wildman–Crippen LogP) is 4.00. The quantitative estimate of drug-likeness (QED) is 0.363. The molecule has 192 valence electrons. The third kappa shape index (κ3) is 7.71. The van der Waals surface area contributed by atoms with E-state index in [1.54, 1.807) is 19.1 Å². The Labute approximate surface area is 214 Å². The summed E-state index contributed by atoms with van der Waals surface area (Å²) < 4.78 is 12.6. The number of aromatic nitrogens is 1. The van der Waals surface area contributed by atoms with Gasteiger partial charge in [-0.3, -0.25) is 9.59 Å². The van der Waals surface area contributed by atoms with Gasteiger partial charge in [-0.15, -0.1) is 0 Å². The Balaban J connectivity index is 1.69. The SMILES string of the molecule is COCCN(CC(=O)N(Cc1cccn1Cc1ccccc1)C(C)C)C(=O)Cc1ccc(OC)cc1. The lowest BCUT2D eigenvalue weighted by Gasteiger charge is -2.31. The average Bonchev–Trinajstić information content (AvgIpc) is 3.32. The van der Waals surface area contributed by atoms with Crippen molar-refractivity contribution in [3.8, 4) is 5.75 Å². The molecule has 0 aliphatic rings. The highest BCUT2D eigenvalue weighted by atomic mass is 16.5. The van der Waals surface area contributed by atoms with E-state index in [4.69, 9.17) is 9.47 Å². The Morgan fingerprint density at radius 3 is 2.25 bits per heavy atom. The van der Waals surface area contributed by atoms with Crippen LogP contribution in [-0.2, 0) is 33.8 Å². The fourth-order valence-corrected chi connectivity index (χ4v) is 4.04. The van der Waals surface area contributed by atoms with Gasteiger partial charge in [-0.25, -0.2) is 0 Å². The molecule has 0 unspecified atom stereocenters. The number of ether oxygens (including phenoxy) is 2. The topological polar surface area (TPSA) is 64.0 Å². The number of amides is 2. The van der Waals surface area contributed by atoms with E-state index in [0.29, 0.717) is 19.7 Å². The third-order valence-electron chi connectivity index (χ3n) is 6.15. The Hall–Kier alpha value is -3.58. The van der Waals surface area contributed by atoms with Gasteiger partial charge >= 0.3 is 0 Å². The molecule has 36 heavy (non-hydrogen) atoms. The van der Waals surface area contributed by atoms with E-state index < -0.39 is 0 Å². The molecule has 0 bridgehead atoms. The molecule has 7 heteroatoms. The number of nitrogens with zero attached hydrogens (tertiary/aromatic N) is 3. The van der Waals surface area contributed by atoms with E-state index in [1.807, 2.05) is 79.5 Å². The molecule has 0 radical (unpaired) electrons. The predicted molar refractivity (Wildman–Crippen MR) is 141 cm³/mol. The lowest BCUT2D eigenvalue weighted by atomic mass is 10.1. The summed E-state index contributed by atoms with van der Waals surface area (Å²) >= 11 is 0. The minimum atomic E-state index is -0.110. The molecule has 0 saturated heterocycles. The third-order valence-corrected chi connectivity index (χ3v) is 6.15. The van der Waals surface area contributed by atoms with Crippen LogP contribution in [0.15, 0.2) is 72.9 Å². The van der Waals surface area contributed by atoms with Crippen molar-refractivity contribution < 1.29 is 19.1 Å². The molecule has 3 aromatic rings. The molecular formula is C29H37N3O4. The number of carbonyl (C=O) groups excluding carboxylic acids is 2. The summed E-state index contributed by atoms with van der Waals surface area (Å²) in [5.74, 6) is 0.542. The van der Waals surface area contributed by atoms with Crippen LogP contribution in [0.25, 0.3) is 0 Å². The number of methoxy groups -OCH3 is 2. The molecule has 3 rings (SSSR count). The van der Waals surface area contributed by atoms with Gasteiger partial charge in [0.2, 0.25) is 11.8 Å². The second kappa shape index (κ2) is 13.5. The van der Waals surface area contributed by atoms with Gasteiger partial charge in [0.25, 0.3) is 0 Å². The van der Waals surface area contributed by atoms with Crippen molar-refractivity contribution in [3.05, 3.63) is 89.7 Å². The second-order valence-electron chi connectivity index (χ2n) is 9.06. The van der Waals surface area contributed by atoms with Gasteiger partial charge in [0.05, 0.1) is 33.2 Å². The monoisotopic (exact) mass is 491 g/mol. The van der Waals surface area contributed by atoms with Crippen molar-refractivity contribution in [2.75, 3.05) is 33.9 Å². The number of rotatable bonds is 13. The first-order chi connectivity index (χ1) is 17.4. The van der Waals surface area contributed by atoms with Crippen molar-refractivity contribution in [1.82, 2.24) is 14.4 Å². The van der Waals surface area contributed by atoms with Crippen molar-refractivity contribution >= 4 is 11.8 Å². The van der Waals surface area contributed by atoms with E-state index in [-0.39, 0.29) is 30.8 Å². The van der Waals surface area contributed by atoms with Crippen LogP contribution in [0, 0.1) is 0 Å². The van der Waals surface area contributed by atoms with E-state index in [0.717, 1.165) is 23.6 Å². The molecule has 0 aliphatic carbocycles. The lowest BCUT2D eigenvalue weighted by Crippen LogP contribution is -2.46. The van der Waals surface area contributed by atoms with Crippen LogP contribution in [0.2, 0.25) is 0 Å². The Bertz CT molecular complexity index is 1090. The molecule has 0 fully saturated rings. The zero-order chi connectivity index (χ0) is 25.9. The molecule has 0 saturated carbocycles. The highest BCUT2D eigenvalue weighted by molar-refractivity contribution is 5.86. The summed E-state index contributed by atoms with van der Waals surface area (Å²) in [6.45, 7) is 5.94. The first-order valence-corrected chi connectivity index (χ1v) is 12.3. The summed E-state index contributed by atoms with van der Waals surface area (Å²) in [5.41, 5.74) is 3.12. The maximum atomic E-state index is 13.5. The summed E-state index contributed by atoms with van der Waals surface area (Å²) in [7, 11) is 3.20. The van der Waals surface area contributed by atoms with Gasteiger partial charge in [0.1, 0.15) is 5.75 Å². The molecule has 0 N–H and O–H groups in total.